The summed E-state index contributed by atoms with van der Waals surface area (Å²) in [6.45, 7) is 1.24. The highest BCUT2D eigenvalue weighted by molar-refractivity contribution is 9.10. The highest BCUT2D eigenvalue weighted by Gasteiger charge is 2.03. The molecule has 0 spiro atoms. The van der Waals surface area contributed by atoms with Crippen molar-refractivity contribution in [2.45, 2.75) is 0 Å². The monoisotopic (exact) mass is 275 g/mol. The largest absolute Gasteiger partial charge is 0.490 e. The lowest BCUT2D eigenvalue weighted by atomic mass is 10.3. The fraction of sp³-hybridized carbons (Fsp3) is 0.400. The Labute approximate surface area is 97.1 Å². The summed E-state index contributed by atoms with van der Waals surface area (Å²) < 4.78 is 11.2. The normalized spacial score (nSPS) is 10.3. The first-order chi connectivity index (χ1) is 7.25. The second kappa shape index (κ2) is 6.66. The van der Waals surface area contributed by atoms with Crippen molar-refractivity contribution >= 4 is 21.6 Å². The molecule has 0 saturated heterocycles. The van der Waals surface area contributed by atoms with Gasteiger partial charge in [0.15, 0.2) is 0 Å². The van der Waals surface area contributed by atoms with Crippen molar-refractivity contribution in [2.24, 2.45) is 0 Å². The molecule has 5 heteroatoms. The van der Waals surface area contributed by atoms with Gasteiger partial charge in [0.25, 0.3) is 0 Å². The lowest BCUT2D eigenvalue weighted by Gasteiger charge is -2.09. The van der Waals surface area contributed by atoms with Crippen LogP contribution in [0.4, 0.5) is 5.69 Å². The van der Waals surface area contributed by atoms with Crippen LogP contribution in [0.25, 0.3) is 0 Å². The smallest absolute Gasteiger partial charge is 0.135 e. The van der Waals surface area contributed by atoms with Gasteiger partial charge in [0.1, 0.15) is 12.4 Å². The van der Waals surface area contributed by atoms with E-state index >= 15 is 0 Å². The lowest BCUT2D eigenvalue weighted by Crippen LogP contribution is -2.09. The molecule has 0 heterocycles. The topological polar surface area (TPSA) is 64.7 Å². The fourth-order valence-corrected chi connectivity index (χ4v) is 1.40. The van der Waals surface area contributed by atoms with Gasteiger partial charge in [0.2, 0.25) is 0 Å². The van der Waals surface area contributed by atoms with Crippen molar-refractivity contribution in [1.82, 2.24) is 0 Å². The predicted octanol–water partition coefficient (Wildman–Crippen LogP) is 1.42. The number of ether oxygens (including phenoxy) is 2. The SMILES string of the molecule is Nc1cccc(OCCOCCO)c1Br. The number of aliphatic hydroxyl groups excluding tert-OH is 1. The van der Waals surface area contributed by atoms with Crippen LogP contribution in [0.15, 0.2) is 22.7 Å². The van der Waals surface area contributed by atoms with Crippen molar-refractivity contribution in [2.75, 3.05) is 32.2 Å². The molecule has 0 unspecified atom stereocenters. The van der Waals surface area contributed by atoms with E-state index in [1.165, 1.54) is 0 Å². The first-order valence-corrected chi connectivity index (χ1v) is 5.40. The Balaban J connectivity index is 2.34. The van der Waals surface area contributed by atoms with E-state index in [0.717, 1.165) is 4.47 Å². The number of benzene rings is 1. The summed E-state index contributed by atoms with van der Waals surface area (Å²) in [5.74, 6) is 0.697. The van der Waals surface area contributed by atoms with Crippen LogP contribution in [0, 0.1) is 0 Å². The highest BCUT2D eigenvalue weighted by Crippen LogP contribution is 2.29. The van der Waals surface area contributed by atoms with Crippen LogP contribution in [-0.2, 0) is 4.74 Å². The third-order valence-corrected chi connectivity index (χ3v) is 2.56. The number of hydrogen-bond acceptors (Lipinski definition) is 4. The van der Waals surface area contributed by atoms with Crippen molar-refractivity contribution < 1.29 is 14.6 Å². The van der Waals surface area contributed by atoms with Crippen molar-refractivity contribution in [3.63, 3.8) is 0 Å². The second-order valence-corrected chi connectivity index (χ2v) is 3.64. The van der Waals surface area contributed by atoms with Crippen molar-refractivity contribution in [3.8, 4) is 5.75 Å². The van der Waals surface area contributed by atoms with Crippen LogP contribution >= 0.6 is 15.9 Å². The Morgan fingerprint density at radius 2 is 2.07 bits per heavy atom. The van der Waals surface area contributed by atoms with E-state index in [-0.39, 0.29) is 6.61 Å². The van der Waals surface area contributed by atoms with Gasteiger partial charge in [-0.05, 0) is 28.1 Å². The fourth-order valence-electron chi connectivity index (χ4n) is 1.02. The first-order valence-electron chi connectivity index (χ1n) is 4.61. The summed E-state index contributed by atoms with van der Waals surface area (Å²) in [6, 6.07) is 5.44. The van der Waals surface area contributed by atoms with Crippen molar-refractivity contribution in [1.29, 1.82) is 0 Å². The molecule has 0 bridgehead atoms. The molecule has 15 heavy (non-hydrogen) atoms. The molecule has 4 nitrogen and oxygen atoms in total. The van der Waals surface area contributed by atoms with Crippen molar-refractivity contribution in [3.05, 3.63) is 22.7 Å². The molecular weight excluding hydrogens is 262 g/mol. The van der Waals surface area contributed by atoms with Crippen LogP contribution in [0.3, 0.4) is 0 Å². The van der Waals surface area contributed by atoms with E-state index in [4.69, 9.17) is 20.3 Å². The van der Waals surface area contributed by atoms with Gasteiger partial charge in [-0.3, -0.25) is 0 Å². The van der Waals surface area contributed by atoms with Gasteiger partial charge in [-0.15, -0.1) is 0 Å². The molecule has 84 valence electrons. The maximum Gasteiger partial charge on any atom is 0.135 e. The summed E-state index contributed by atoms with van der Waals surface area (Å²) in [6.07, 6.45) is 0. The summed E-state index contributed by atoms with van der Waals surface area (Å²) in [5.41, 5.74) is 6.32. The molecule has 1 rings (SSSR count). The third kappa shape index (κ3) is 4.07. The summed E-state index contributed by atoms with van der Waals surface area (Å²) >= 11 is 3.33. The number of rotatable bonds is 6. The molecule has 0 saturated carbocycles. The van der Waals surface area contributed by atoms with E-state index in [1.807, 2.05) is 12.1 Å². The van der Waals surface area contributed by atoms with E-state index < -0.39 is 0 Å². The molecule has 0 aliphatic rings. The maximum absolute atomic E-state index is 8.47. The third-order valence-electron chi connectivity index (χ3n) is 1.71. The molecule has 0 aliphatic heterocycles. The van der Waals surface area contributed by atoms with Crippen LogP contribution in [0.5, 0.6) is 5.75 Å². The van der Waals surface area contributed by atoms with Crippen LogP contribution < -0.4 is 10.5 Å². The lowest BCUT2D eigenvalue weighted by molar-refractivity contribution is 0.0704. The second-order valence-electron chi connectivity index (χ2n) is 2.84. The van der Waals surface area contributed by atoms with Gasteiger partial charge in [-0.1, -0.05) is 6.07 Å². The molecule has 0 amide bonds. The molecule has 1 aromatic rings. The van der Waals surface area contributed by atoms with E-state index in [1.54, 1.807) is 6.07 Å². The Hall–Kier alpha value is -0.780. The quantitative estimate of drug-likeness (QED) is 0.609. The first kappa shape index (κ1) is 12.3. The molecule has 0 aliphatic carbocycles. The molecule has 0 radical (unpaired) electrons. The summed E-state index contributed by atoms with van der Waals surface area (Å²) in [4.78, 5) is 0. The summed E-state index contributed by atoms with van der Waals surface area (Å²) in [5, 5.41) is 8.47. The highest BCUT2D eigenvalue weighted by atomic mass is 79.9. The Bertz CT molecular complexity index is 307. The van der Waals surface area contributed by atoms with Gasteiger partial charge in [0.05, 0.1) is 24.3 Å². The van der Waals surface area contributed by atoms with Gasteiger partial charge in [-0.25, -0.2) is 0 Å². The Morgan fingerprint density at radius 3 is 2.80 bits per heavy atom. The molecule has 0 aromatic heterocycles. The van der Waals surface area contributed by atoms with Crippen LogP contribution in [-0.4, -0.2) is 31.5 Å². The average molecular weight is 276 g/mol. The standard InChI is InChI=1S/C10H14BrNO3/c11-10-8(12)2-1-3-9(10)15-7-6-14-5-4-13/h1-3,13H,4-7,12H2. The van der Waals surface area contributed by atoms with Crippen LogP contribution in [0.2, 0.25) is 0 Å². The number of nitrogens with two attached hydrogens (primary N) is 1. The minimum Gasteiger partial charge on any atom is -0.490 e. The average Bonchev–Trinajstić information content (AvgIpc) is 2.24. The number of nitrogen functional groups attached to an aromatic ring is 1. The van der Waals surface area contributed by atoms with E-state index in [0.29, 0.717) is 31.3 Å². The minimum absolute atomic E-state index is 0.0297. The molecule has 0 atom stereocenters. The van der Waals surface area contributed by atoms with Gasteiger partial charge in [-0.2, -0.15) is 0 Å². The number of halogens is 1. The minimum atomic E-state index is 0.0297. The molecule has 0 fully saturated rings. The van der Waals surface area contributed by atoms with E-state index in [2.05, 4.69) is 15.9 Å². The zero-order valence-electron chi connectivity index (χ0n) is 8.28. The molecule has 3 N–H and O–H groups in total. The van der Waals surface area contributed by atoms with Gasteiger partial charge in [0, 0.05) is 5.69 Å². The van der Waals surface area contributed by atoms with E-state index in [9.17, 15) is 0 Å². The zero-order chi connectivity index (χ0) is 11.1. The molecular formula is C10H14BrNO3. The van der Waals surface area contributed by atoms with Gasteiger partial charge < -0.3 is 20.3 Å². The Kier molecular flexibility index (Phi) is 5.45. The van der Waals surface area contributed by atoms with Crippen LogP contribution in [0.1, 0.15) is 0 Å². The number of hydrogen-bond donors (Lipinski definition) is 2. The zero-order valence-corrected chi connectivity index (χ0v) is 9.87. The number of aliphatic hydroxyl groups is 1. The summed E-state index contributed by atoms with van der Waals surface area (Å²) in [7, 11) is 0. The molecule has 1 aromatic carbocycles. The number of anilines is 1. The Morgan fingerprint density at radius 1 is 1.27 bits per heavy atom. The predicted molar refractivity (Wildman–Crippen MR) is 62.0 cm³/mol. The van der Waals surface area contributed by atoms with Gasteiger partial charge >= 0.3 is 0 Å². The maximum atomic E-state index is 8.47.